The van der Waals surface area contributed by atoms with Crippen LogP contribution in [0.5, 0.6) is 5.75 Å². The van der Waals surface area contributed by atoms with Crippen molar-refractivity contribution in [1.82, 2.24) is 10.2 Å². The largest absolute Gasteiger partial charge is 0.497 e. The van der Waals surface area contributed by atoms with Gasteiger partial charge in [-0.05, 0) is 31.8 Å². The Balaban J connectivity index is 2.71. The van der Waals surface area contributed by atoms with Crippen LogP contribution in [0.15, 0.2) is 24.3 Å². The molecular weight excluding hydrogens is 242 g/mol. The van der Waals surface area contributed by atoms with Crippen LogP contribution in [-0.2, 0) is 4.79 Å². The van der Waals surface area contributed by atoms with Crippen molar-refractivity contribution >= 4 is 5.91 Å². The van der Waals surface area contributed by atoms with E-state index in [2.05, 4.69) is 5.32 Å². The SMILES string of the molecule is COc1ccc(C(CNC(=O)CC#N)N(C)C)cc1. The van der Waals surface area contributed by atoms with Crippen LogP contribution in [0.2, 0.25) is 0 Å². The van der Waals surface area contributed by atoms with Crippen molar-refractivity contribution in [3.05, 3.63) is 29.8 Å². The van der Waals surface area contributed by atoms with Gasteiger partial charge in [-0.25, -0.2) is 0 Å². The summed E-state index contributed by atoms with van der Waals surface area (Å²) in [4.78, 5) is 13.4. The summed E-state index contributed by atoms with van der Waals surface area (Å²) in [6.07, 6.45) is -0.108. The molecule has 1 atom stereocenters. The summed E-state index contributed by atoms with van der Waals surface area (Å²) in [7, 11) is 5.53. The lowest BCUT2D eigenvalue weighted by Gasteiger charge is -2.25. The van der Waals surface area contributed by atoms with Crippen LogP contribution in [0.25, 0.3) is 0 Å². The summed E-state index contributed by atoms with van der Waals surface area (Å²) in [5.41, 5.74) is 1.09. The van der Waals surface area contributed by atoms with E-state index in [9.17, 15) is 4.79 Å². The molecule has 1 amide bonds. The predicted octanol–water partition coefficient (Wildman–Crippen LogP) is 1.33. The molecule has 0 saturated carbocycles. The Morgan fingerprint density at radius 2 is 2.05 bits per heavy atom. The molecule has 5 nitrogen and oxygen atoms in total. The zero-order chi connectivity index (χ0) is 14.3. The Bertz CT molecular complexity index is 449. The lowest BCUT2D eigenvalue weighted by atomic mass is 10.1. The van der Waals surface area contributed by atoms with E-state index >= 15 is 0 Å². The molecule has 0 heterocycles. The van der Waals surface area contributed by atoms with Crippen LogP contribution in [-0.4, -0.2) is 38.6 Å². The number of carbonyl (C=O) groups excluding carboxylic acids is 1. The van der Waals surface area contributed by atoms with Gasteiger partial charge in [-0.3, -0.25) is 4.79 Å². The topological polar surface area (TPSA) is 65.4 Å². The molecule has 5 heteroatoms. The van der Waals surface area contributed by atoms with Crippen LogP contribution >= 0.6 is 0 Å². The van der Waals surface area contributed by atoms with Gasteiger partial charge in [-0.15, -0.1) is 0 Å². The lowest BCUT2D eigenvalue weighted by Crippen LogP contribution is -2.34. The van der Waals surface area contributed by atoms with Gasteiger partial charge in [-0.2, -0.15) is 5.26 Å². The van der Waals surface area contributed by atoms with Crippen LogP contribution in [0, 0.1) is 11.3 Å². The van der Waals surface area contributed by atoms with Gasteiger partial charge in [0.2, 0.25) is 5.91 Å². The first-order valence-electron chi connectivity index (χ1n) is 6.02. The first-order chi connectivity index (χ1) is 9.08. The van der Waals surface area contributed by atoms with Crippen molar-refractivity contribution in [1.29, 1.82) is 5.26 Å². The molecule has 1 N–H and O–H groups in total. The Morgan fingerprint density at radius 3 is 2.53 bits per heavy atom. The summed E-state index contributed by atoms with van der Waals surface area (Å²) in [5, 5.41) is 11.2. The number of ether oxygens (including phenoxy) is 1. The lowest BCUT2D eigenvalue weighted by molar-refractivity contribution is -0.120. The number of nitrogens with zero attached hydrogens (tertiary/aromatic N) is 2. The van der Waals surface area contributed by atoms with Gasteiger partial charge < -0.3 is 15.0 Å². The summed E-state index contributed by atoms with van der Waals surface area (Å²) >= 11 is 0. The fourth-order valence-corrected chi connectivity index (χ4v) is 1.77. The first kappa shape index (κ1) is 15.0. The fourth-order valence-electron chi connectivity index (χ4n) is 1.77. The summed E-state index contributed by atoms with van der Waals surface area (Å²) < 4.78 is 5.12. The van der Waals surface area contributed by atoms with E-state index < -0.39 is 0 Å². The Morgan fingerprint density at radius 1 is 1.42 bits per heavy atom. The third-order valence-electron chi connectivity index (χ3n) is 2.86. The van der Waals surface area contributed by atoms with Crippen molar-refractivity contribution < 1.29 is 9.53 Å². The van der Waals surface area contributed by atoms with Crippen LogP contribution in [0.1, 0.15) is 18.0 Å². The number of nitrogens with one attached hydrogen (secondary N) is 1. The standard InChI is InChI=1S/C14H19N3O2/c1-17(2)13(10-16-14(18)8-9-15)11-4-6-12(19-3)7-5-11/h4-7,13H,8,10H2,1-3H3,(H,16,18). The van der Waals surface area contributed by atoms with Crippen molar-refractivity contribution in [3.63, 3.8) is 0 Å². The Hall–Kier alpha value is -2.06. The molecule has 0 saturated heterocycles. The number of rotatable bonds is 6. The van der Waals surface area contributed by atoms with E-state index in [-0.39, 0.29) is 18.4 Å². The highest BCUT2D eigenvalue weighted by Gasteiger charge is 2.15. The quantitative estimate of drug-likeness (QED) is 0.839. The number of hydrogen-bond acceptors (Lipinski definition) is 4. The van der Waals surface area contributed by atoms with E-state index in [1.54, 1.807) is 7.11 Å². The zero-order valence-corrected chi connectivity index (χ0v) is 11.5. The predicted molar refractivity (Wildman–Crippen MR) is 72.7 cm³/mol. The third kappa shape index (κ3) is 4.60. The first-order valence-corrected chi connectivity index (χ1v) is 6.02. The third-order valence-corrected chi connectivity index (χ3v) is 2.86. The van der Waals surface area contributed by atoms with Crippen LogP contribution in [0.4, 0.5) is 0 Å². The molecule has 1 rings (SSSR count). The average Bonchev–Trinajstić information content (AvgIpc) is 2.39. The number of carbonyl (C=O) groups is 1. The Labute approximate surface area is 113 Å². The highest BCUT2D eigenvalue weighted by Crippen LogP contribution is 2.20. The highest BCUT2D eigenvalue weighted by atomic mass is 16.5. The number of benzene rings is 1. The number of likely N-dealkylation sites (N-methyl/N-ethyl adjacent to an activating group) is 1. The number of amides is 1. The minimum Gasteiger partial charge on any atom is -0.497 e. The second kappa shape index (κ2) is 7.39. The maximum Gasteiger partial charge on any atom is 0.234 e. The van der Waals surface area contributed by atoms with Crippen LogP contribution in [0.3, 0.4) is 0 Å². The van der Waals surface area contributed by atoms with Crippen molar-refractivity contribution in [2.45, 2.75) is 12.5 Å². The van der Waals surface area contributed by atoms with Crippen molar-refractivity contribution in [2.24, 2.45) is 0 Å². The molecule has 0 aliphatic heterocycles. The number of methoxy groups -OCH3 is 1. The molecule has 0 aromatic heterocycles. The minimum atomic E-state index is -0.247. The van der Waals surface area contributed by atoms with Gasteiger partial charge in [-0.1, -0.05) is 12.1 Å². The van der Waals surface area contributed by atoms with Crippen LogP contribution < -0.4 is 10.1 Å². The molecule has 0 radical (unpaired) electrons. The molecule has 0 bridgehead atoms. The summed E-state index contributed by atoms with van der Waals surface area (Å²) in [6.45, 7) is 0.472. The van der Waals surface area contributed by atoms with Gasteiger partial charge in [0.15, 0.2) is 0 Å². The zero-order valence-electron chi connectivity index (χ0n) is 11.5. The number of nitriles is 1. The number of hydrogen-bond donors (Lipinski definition) is 1. The van der Waals surface area contributed by atoms with E-state index in [4.69, 9.17) is 10.00 Å². The molecule has 19 heavy (non-hydrogen) atoms. The van der Waals surface area contributed by atoms with E-state index in [0.717, 1.165) is 11.3 Å². The summed E-state index contributed by atoms with van der Waals surface area (Å²) in [6, 6.07) is 9.62. The summed E-state index contributed by atoms with van der Waals surface area (Å²) in [5.74, 6) is 0.553. The van der Waals surface area contributed by atoms with E-state index in [1.807, 2.05) is 49.3 Å². The second-order valence-corrected chi connectivity index (χ2v) is 4.39. The molecule has 1 unspecified atom stereocenters. The smallest absolute Gasteiger partial charge is 0.234 e. The Kier molecular flexibility index (Phi) is 5.83. The fraction of sp³-hybridized carbons (Fsp3) is 0.429. The van der Waals surface area contributed by atoms with E-state index in [1.165, 1.54) is 0 Å². The van der Waals surface area contributed by atoms with Crippen molar-refractivity contribution in [2.75, 3.05) is 27.7 Å². The molecule has 0 fully saturated rings. The van der Waals surface area contributed by atoms with Gasteiger partial charge in [0.25, 0.3) is 0 Å². The highest BCUT2D eigenvalue weighted by molar-refractivity contribution is 5.77. The molecule has 102 valence electrons. The molecule has 1 aromatic rings. The maximum atomic E-state index is 11.3. The van der Waals surface area contributed by atoms with E-state index in [0.29, 0.717) is 6.54 Å². The molecule has 1 aromatic carbocycles. The van der Waals surface area contributed by atoms with Gasteiger partial charge in [0.1, 0.15) is 12.2 Å². The normalized spacial score (nSPS) is 11.7. The van der Waals surface area contributed by atoms with Gasteiger partial charge >= 0.3 is 0 Å². The van der Waals surface area contributed by atoms with Gasteiger partial charge in [0, 0.05) is 6.54 Å². The maximum absolute atomic E-state index is 11.3. The van der Waals surface area contributed by atoms with Crippen molar-refractivity contribution in [3.8, 4) is 11.8 Å². The van der Waals surface area contributed by atoms with Gasteiger partial charge in [0.05, 0.1) is 19.2 Å². The molecule has 0 aliphatic carbocycles. The molecular formula is C14H19N3O2. The second-order valence-electron chi connectivity index (χ2n) is 4.39. The molecule has 0 spiro atoms. The monoisotopic (exact) mass is 261 g/mol. The minimum absolute atomic E-state index is 0.0635. The average molecular weight is 261 g/mol. The molecule has 0 aliphatic rings.